The second-order valence-electron chi connectivity index (χ2n) is 8.22. The van der Waals surface area contributed by atoms with E-state index in [4.69, 9.17) is 0 Å². The fourth-order valence-corrected chi connectivity index (χ4v) is 4.38. The van der Waals surface area contributed by atoms with E-state index in [0.29, 0.717) is 37.5 Å². The van der Waals surface area contributed by atoms with Gasteiger partial charge in [-0.1, -0.05) is 50.2 Å². The van der Waals surface area contributed by atoms with Gasteiger partial charge in [0.1, 0.15) is 6.04 Å². The Kier molecular flexibility index (Phi) is 8.23. The number of nitrogens with zero attached hydrogens (tertiary/aromatic N) is 2. The SMILES string of the molecule is CC(C)C(NC(=O)c1cccs1)C(=O)N1CCN(C(=O)CCCc2ccccc2)CC1. The third-order valence-electron chi connectivity index (χ3n) is 5.61. The van der Waals surface area contributed by atoms with E-state index < -0.39 is 6.04 Å². The van der Waals surface area contributed by atoms with Crippen LogP contribution in [-0.4, -0.2) is 59.7 Å². The van der Waals surface area contributed by atoms with Gasteiger partial charge in [0.25, 0.3) is 5.91 Å². The minimum atomic E-state index is -0.567. The zero-order valence-electron chi connectivity index (χ0n) is 18.3. The molecule has 0 radical (unpaired) electrons. The highest BCUT2D eigenvalue weighted by Gasteiger charge is 2.31. The number of aryl methyl sites for hydroxylation is 1. The summed E-state index contributed by atoms with van der Waals surface area (Å²) in [7, 11) is 0. The summed E-state index contributed by atoms with van der Waals surface area (Å²) in [6, 6.07) is 13.2. The van der Waals surface area contributed by atoms with E-state index >= 15 is 0 Å². The highest BCUT2D eigenvalue weighted by molar-refractivity contribution is 7.12. The number of amides is 3. The molecule has 1 unspecified atom stereocenters. The summed E-state index contributed by atoms with van der Waals surface area (Å²) >= 11 is 1.36. The van der Waals surface area contributed by atoms with Crippen molar-refractivity contribution < 1.29 is 14.4 Å². The largest absolute Gasteiger partial charge is 0.339 e. The van der Waals surface area contributed by atoms with E-state index in [-0.39, 0.29) is 23.6 Å². The third-order valence-corrected chi connectivity index (χ3v) is 6.48. The number of carbonyl (C=O) groups is 3. The number of nitrogens with one attached hydrogen (secondary N) is 1. The molecule has 166 valence electrons. The van der Waals surface area contributed by atoms with E-state index in [2.05, 4.69) is 17.4 Å². The highest BCUT2D eigenvalue weighted by Crippen LogP contribution is 2.14. The molecular weight excluding hydrogens is 410 g/mol. The summed E-state index contributed by atoms with van der Waals surface area (Å²) in [6.07, 6.45) is 2.24. The highest BCUT2D eigenvalue weighted by atomic mass is 32.1. The van der Waals surface area contributed by atoms with Gasteiger partial charge in [0.15, 0.2) is 0 Å². The number of benzene rings is 1. The number of hydrogen-bond donors (Lipinski definition) is 1. The Labute approximate surface area is 188 Å². The minimum Gasteiger partial charge on any atom is -0.339 e. The molecule has 1 aromatic heterocycles. The maximum Gasteiger partial charge on any atom is 0.262 e. The molecule has 3 amide bonds. The smallest absolute Gasteiger partial charge is 0.262 e. The summed E-state index contributed by atoms with van der Waals surface area (Å²) in [4.78, 5) is 42.3. The summed E-state index contributed by atoms with van der Waals surface area (Å²) in [5.41, 5.74) is 1.25. The van der Waals surface area contributed by atoms with Crippen molar-refractivity contribution in [1.82, 2.24) is 15.1 Å². The molecule has 2 aromatic rings. The van der Waals surface area contributed by atoms with Crippen LogP contribution in [0.3, 0.4) is 0 Å². The molecule has 1 aliphatic rings. The lowest BCUT2D eigenvalue weighted by molar-refractivity contribution is -0.141. The van der Waals surface area contributed by atoms with Crippen LogP contribution in [0.5, 0.6) is 0 Å². The number of thiophene rings is 1. The Balaban J connectivity index is 1.46. The van der Waals surface area contributed by atoms with Crippen molar-refractivity contribution in [1.29, 1.82) is 0 Å². The molecule has 1 atom stereocenters. The van der Waals surface area contributed by atoms with E-state index in [1.54, 1.807) is 11.0 Å². The van der Waals surface area contributed by atoms with Crippen molar-refractivity contribution in [2.24, 2.45) is 5.92 Å². The lowest BCUT2D eigenvalue weighted by atomic mass is 10.0. The van der Waals surface area contributed by atoms with Crippen LogP contribution in [0.25, 0.3) is 0 Å². The molecule has 31 heavy (non-hydrogen) atoms. The first-order valence-corrected chi connectivity index (χ1v) is 11.8. The number of rotatable bonds is 8. The van der Waals surface area contributed by atoms with Gasteiger partial charge in [-0.25, -0.2) is 0 Å². The normalized spacial score (nSPS) is 15.1. The van der Waals surface area contributed by atoms with Crippen molar-refractivity contribution in [2.75, 3.05) is 26.2 Å². The van der Waals surface area contributed by atoms with Crippen molar-refractivity contribution in [2.45, 2.75) is 39.2 Å². The second kappa shape index (κ2) is 11.1. The molecule has 1 aromatic carbocycles. The molecule has 7 heteroatoms. The topological polar surface area (TPSA) is 69.7 Å². The molecule has 2 heterocycles. The van der Waals surface area contributed by atoms with Gasteiger partial charge < -0.3 is 15.1 Å². The predicted molar refractivity (Wildman–Crippen MR) is 123 cm³/mol. The lowest BCUT2D eigenvalue weighted by Crippen LogP contribution is -2.57. The number of hydrogen-bond acceptors (Lipinski definition) is 4. The number of carbonyl (C=O) groups excluding carboxylic acids is 3. The molecule has 3 rings (SSSR count). The molecule has 0 saturated carbocycles. The Morgan fingerprint density at radius 1 is 0.968 bits per heavy atom. The molecule has 0 aliphatic carbocycles. The summed E-state index contributed by atoms with van der Waals surface area (Å²) in [6.45, 7) is 5.95. The summed E-state index contributed by atoms with van der Waals surface area (Å²) in [5, 5.41) is 4.74. The molecule has 6 nitrogen and oxygen atoms in total. The maximum atomic E-state index is 13.1. The Morgan fingerprint density at radius 2 is 1.65 bits per heavy atom. The first kappa shape index (κ1) is 23.0. The van der Waals surface area contributed by atoms with Crippen molar-refractivity contribution in [3.63, 3.8) is 0 Å². The van der Waals surface area contributed by atoms with Gasteiger partial charge in [-0.05, 0) is 35.8 Å². The van der Waals surface area contributed by atoms with E-state index in [1.165, 1.54) is 16.9 Å². The predicted octanol–water partition coefficient (Wildman–Crippen LogP) is 3.20. The second-order valence-corrected chi connectivity index (χ2v) is 9.17. The van der Waals surface area contributed by atoms with Crippen LogP contribution in [0.2, 0.25) is 0 Å². The molecule has 0 spiro atoms. The van der Waals surface area contributed by atoms with Crippen LogP contribution in [0.15, 0.2) is 47.8 Å². The van der Waals surface area contributed by atoms with Gasteiger partial charge in [-0.2, -0.15) is 0 Å². The summed E-state index contributed by atoms with van der Waals surface area (Å²) in [5.74, 6) is -0.158. The van der Waals surface area contributed by atoms with Crippen LogP contribution < -0.4 is 5.32 Å². The molecule has 0 bridgehead atoms. The molecule has 1 fully saturated rings. The Hall–Kier alpha value is -2.67. The van der Waals surface area contributed by atoms with Gasteiger partial charge in [0.05, 0.1) is 4.88 Å². The fraction of sp³-hybridized carbons (Fsp3) is 0.458. The molecular formula is C24H31N3O3S. The van der Waals surface area contributed by atoms with Crippen molar-refractivity contribution >= 4 is 29.1 Å². The Morgan fingerprint density at radius 3 is 2.26 bits per heavy atom. The first-order valence-electron chi connectivity index (χ1n) is 10.9. The van der Waals surface area contributed by atoms with Crippen LogP contribution in [0, 0.1) is 5.92 Å². The van der Waals surface area contributed by atoms with Crippen LogP contribution in [0.4, 0.5) is 0 Å². The molecule has 1 N–H and O–H groups in total. The third kappa shape index (κ3) is 6.40. The minimum absolute atomic E-state index is 0.0194. The monoisotopic (exact) mass is 441 g/mol. The van der Waals surface area contributed by atoms with Gasteiger partial charge in [0, 0.05) is 32.6 Å². The average molecular weight is 442 g/mol. The van der Waals surface area contributed by atoms with E-state index in [1.807, 2.05) is 48.4 Å². The van der Waals surface area contributed by atoms with E-state index in [0.717, 1.165) is 12.8 Å². The van der Waals surface area contributed by atoms with Gasteiger partial charge in [-0.3, -0.25) is 14.4 Å². The number of piperazine rings is 1. The van der Waals surface area contributed by atoms with Gasteiger partial charge in [-0.15, -0.1) is 11.3 Å². The van der Waals surface area contributed by atoms with Crippen LogP contribution in [0.1, 0.15) is 41.9 Å². The van der Waals surface area contributed by atoms with Crippen LogP contribution >= 0.6 is 11.3 Å². The van der Waals surface area contributed by atoms with Crippen LogP contribution in [-0.2, 0) is 16.0 Å². The Bertz CT molecular complexity index is 859. The molecule has 1 saturated heterocycles. The first-order chi connectivity index (χ1) is 15.0. The molecule has 1 aliphatic heterocycles. The summed E-state index contributed by atoms with van der Waals surface area (Å²) < 4.78 is 0. The maximum absolute atomic E-state index is 13.1. The quantitative estimate of drug-likeness (QED) is 0.684. The van der Waals surface area contributed by atoms with Crippen molar-refractivity contribution in [3.8, 4) is 0 Å². The zero-order valence-corrected chi connectivity index (χ0v) is 19.1. The van der Waals surface area contributed by atoms with Gasteiger partial charge in [0.2, 0.25) is 11.8 Å². The average Bonchev–Trinajstić information content (AvgIpc) is 3.32. The standard InChI is InChI=1S/C24H31N3O3S/c1-18(2)22(25-23(29)20-11-7-17-31-20)24(30)27-15-13-26(14-16-27)21(28)12-6-10-19-8-4-3-5-9-19/h3-5,7-9,11,17-18,22H,6,10,12-16H2,1-2H3,(H,25,29). The van der Waals surface area contributed by atoms with E-state index in [9.17, 15) is 14.4 Å². The zero-order chi connectivity index (χ0) is 22.2. The fourth-order valence-electron chi connectivity index (χ4n) is 3.75. The van der Waals surface area contributed by atoms with Crippen molar-refractivity contribution in [3.05, 3.63) is 58.3 Å². The van der Waals surface area contributed by atoms with Gasteiger partial charge >= 0.3 is 0 Å². The lowest BCUT2D eigenvalue weighted by Gasteiger charge is -2.37.